The highest BCUT2D eigenvalue weighted by molar-refractivity contribution is 6.30. The topological polar surface area (TPSA) is 29.5 Å². The standard InChI is InChI=1S/C15H14ClFO2/c1-19-15-9-11(4-7-13(15)17)14(18)8-10-2-5-12(16)6-3-10/h2-7,9,14,18H,8H2,1H3. The number of methoxy groups -OCH3 is 1. The van der Waals surface area contributed by atoms with E-state index in [4.69, 9.17) is 16.3 Å². The zero-order valence-electron chi connectivity index (χ0n) is 10.4. The second kappa shape index (κ2) is 6.04. The first kappa shape index (κ1) is 13.8. The van der Waals surface area contributed by atoms with Crippen LogP contribution in [0.5, 0.6) is 5.75 Å². The fraction of sp³-hybridized carbons (Fsp3) is 0.200. The lowest BCUT2D eigenvalue weighted by Crippen LogP contribution is -2.02. The van der Waals surface area contributed by atoms with Crippen molar-refractivity contribution in [3.05, 3.63) is 64.4 Å². The third kappa shape index (κ3) is 3.46. The number of halogens is 2. The van der Waals surface area contributed by atoms with Crippen LogP contribution in [0.1, 0.15) is 17.2 Å². The number of rotatable bonds is 4. The van der Waals surface area contributed by atoms with E-state index in [1.165, 1.54) is 19.2 Å². The van der Waals surface area contributed by atoms with Gasteiger partial charge >= 0.3 is 0 Å². The zero-order chi connectivity index (χ0) is 13.8. The van der Waals surface area contributed by atoms with Crippen molar-refractivity contribution in [2.45, 2.75) is 12.5 Å². The Bertz CT molecular complexity index is 555. The Morgan fingerprint density at radius 1 is 1.21 bits per heavy atom. The van der Waals surface area contributed by atoms with Crippen LogP contribution in [-0.2, 0) is 6.42 Å². The Labute approximate surface area is 116 Å². The van der Waals surface area contributed by atoms with Gasteiger partial charge in [-0.15, -0.1) is 0 Å². The molecule has 0 saturated heterocycles. The average molecular weight is 281 g/mol. The summed E-state index contributed by atoms with van der Waals surface area (Å²) in [4.78, 5) is 0. The van der Waals surface area contributed by atoms with Crippen LogP contribution in [-0.4, -0.2) is 12.2 Å². The van der Waals surface area contributed by atoms with E-state index in [0.29, 0.717) is 17.0 Å². The molecule has 0 fully saturated rings. The highest BCUT2D eigenvalue weighted by atomic mass is 35.5. The van der Waals surface area contributed by atoms with Crippen LogP contribution in [0.25, 0.3) is 0 Å². The molecular weight excluding hydrogens is 267 g/mol. The van der Waals surface area contributed by atoms with Gasteiger partial charge in [-0.2, -0.15) is 0 Å². The van der Waals surface area contributed by atoms with Gasteiger partial charge in [0.1, 0.15) is 0 Å². The summed E-state index contributed by atoms with van der Waals surface area (Å²) in [6, 6.07) is 11.6. The quantitative estimate of drug-likeness (QED) is 0.924. The van der Waals surface area contributed by atoms with Crippen LogP contribution in [0, 0.1) is 5.82 Å². The van der Waals surface area contributed by atoms with E-state index in [0.717, 1.165) is 5.56 Å². The number of hydrogen-bond donors (Lipinski definition) is 1. The number of aliphatic hydroxyl groups is 1. The van der Waals surface area contributed by atoms with Crippen LogP contribution >= 0.6 is 11.6 Å². The molecule has 0 aliphatic rings. The Hall–Kier alpha value is -1.58. The molecule has 2 aromatic rings. The summed E-state index contributed by atoms with van der Waals surface area (Å²) in [5.41, 5.74) is 1.58. The van der Waals surface area contributed by atoms with Crippen molar-refractivity contribution in [2.75, 3.05) is 7.11 Å². The van der Waals surface area contributed by atoms with Crippen molar-refractivity contribution < 1.29 is 14.2 Å². The van der Waals surface area contributed by atoms with Gasteiger partial charge in [0.05, 0.1) is 13.2 Å². The Balaban J connectivity index is 2.15. The maximum absolute atomic E-state index is 13.3. The molecule has 4 heteroatoms. The molecule has 0 amide bonds. The first-order chi connectivity index (χ1) is 9.10. The van der Waals surface area contributed by atoms with E-state index in [2.05, 4.69) is 0 Å². The third-order valence-corrected chi connectivity index (χ3v) is 3.15. The second-order valence-electron chi connectivity index (χ2n) is 4.24. The first-order valence-corrected chi connectivity index (χ1v) is 6.24. The van der Waals surface area contributed by atoms with Gasteiger partial charge in [0.25, 0.3) is 0 Å². The van der Waals surface area contributed by atoms with Crippen molar-refractivity contribution in [3.8, 4) is 5.75 Å². The van der Waals surface area contributed by atoms with Gasteiger partial charge in [0, 0.05) is 11.4 Å². The molecule has 19 heavy (non-hydrogen) atoms. The lowest BCUT2D eigenvalue weighted by atomic mass is 10.0. The van der Waals surface area contributed by atoms with Crippen LogP contribution < -0.4 is 4.74 Å². The van der Waals surface area contributed by atoms with E-state index >= 15 is 0 Å². The van der Waals surface area contributed by atoms with Gasteiger partial charge < -0.3 is 9.84 Å². The summed E-state index contributed by atoms with van der Waals surface area (Å²) in [7, 11) is 1.40. The normalized spacial score (nSPS) is 12.2. The van der Waals surface area contributed by atoms with Gasteiger partial charge in [-0.25, -0.2) is 4.39 Å². The SMILES string of the molecule is COc1cc(C(O)Cc2ccc(Cl)cc2)ccc1F. The van der Waals surface area contributed by atoms with Gasteiger partial charge in [0.2, 0.25) is 0 Å². The Morgan fingerprint density at radius 2 is 1.89 bits per heavy atom. The van der Waals surface area contributed by atoms with E-state index in [9.17, 15) is 9.50 Å². The van der Waals surface area contributed by atoms with Crippen LogP contribution in [0.4, 0.5) is 4.39 Å². The highest BCUT2D eigenvalue weighted by Gasteiger charge is 2.12. The monoisotopic (exact) mass is 280 g/mol. The maximum atomic E-state index is 13.3. The van der Waals surface area contributed by atoms with Gasteiger partial charge in [-0.05, 0) is 35.4 Å². The molecule has 0 aromatic heterocycles. The van der Waals surface area contributed by atoms with Crippen LogP contribution in [0.15, 0.2) is 42.5 Å². The fourth-order valence-electron chi connectivity index (χ4n) is 1.85. The molecule has 0 bridgehead atoms. The molecule has 2 rings (SSSR count). The molecule has 0 heterocycles. The molecule has 0 saturated carbocycles. The average Bonchev–Trinajstić information content (AvgIpc) is 2.42. The number of hydrogen-bond acceptors (Lipinski definition) is 2. The van der Waals surface area contributed by atoms with E-state index in [-0.39, 0.29) is 5.75 Å². The highest BCUT2D eigenvalue weighted by Crippen LogP contribution is 2.25. The van der Waals surface area contributed by atoms with Crippen molar-refractivity contribution in [1.82, 2.24) is 0 Å². The minimum Gasteiger partial charge on any atom is -0.494 e. The minimum absolute atomic E-state index is 0.132. The molecule has 1 N–H and O–H groups in total. The summed E-state index contributed by atoms with van der Waals surface area (Å²) < 4.78 is 18.2. The van der Waals surface area contributed by atoms with Crippen LogP contribution in [0.3, 0.4) is 0 Å². The largest absolute Gasteiger partial charge is 0.494 e. The van der Waals surface area contributed by atoms with Crippen molar-refractivity contribution in [1.29, 1.82) is 0 Å². The molecule has 0 radical (unpaired) electrons. The smallest absolute Gasteiger partial charge is 0.165 e. The minimum atomic E-state index is -0.712. The Kier molecular flexibility index (Phi) is 4.40. The summed E-state index contributed by atoms with van der Waals surface area (Å²) in [5, 5.41) is 10.8. The van der Waals surface area contributed by atoms with E-state index in [1.54, 1.807) is 18.2 Å². The van der Waals surface area contributed by atoms with Gasteiger partial charge in [0.15, 0.2) is 11.6 Å². The Morgan fingerprint density at radius 3 is 2.53 bits per heavy atom. The van der Waals surface area contributed by atoms with Gasteiger partial charge in [-0.1, -0.05) is 29.8 Å². The number of ether oxygens (including phenoxy) is 1. The fourth-order valence-corrected chi connectivity index (χ4v) is 1.97. The zero-order valence-corrected chi connectivity index (χ0v) is 11.2. The van der Waals surface area contributed by atoms with E-state index in [1.807, 2.05) is 12.1 Å². The molecule has 1 unspecified atom stereocenters. The molecule has 100 valence electrons. The number of aliphatic hydroxyl groups excluding tert-OH is 1. The molecule has 0 spiro atoms. The molecule has 0 aliphatic carbocycles. The summed E-state index contributed by atoms with van der Waals surface area (Å²) in [5.74, 6) is -0.308. The van der Waals surface area contributed by atoms with Crippen molar-refractivity contribution >= 4 is 11.6 Å². The summed E-state index contributed by atoms with van der Waals surface area (Å²) in [6.07, 6.45) is -0.276. The predicted molar refractivity (Wildman–Crippen MR) is 73.1 cm³/mol. The van der Waals surface area contributed by atoms with Crippen molar-refractivity contribution in [2.24, 2.45) is 0 Å². The number of benzene rings is 2. The first-order valence-electron chi connectivity index (χ1n) is 5.86. The second-order valence-corrected chi connectivity index (χ2v) is 4.68. The third-order valence-electron chi connectivity index (χ3n) is 2.90. The lowest BCUT2D eigenvalue weighted by molar-refractivity contribution is 0.178. The molecule has 1 atom stereocenters. The summed E-state index contributed by atoms with van der Waals surface area (Å²) >= 11 is 5.80. The predicted octanol–water partition coefficient (Wildman–Crippen LogP) is 3.76. The molecule has 2 nitrogen and oxygen atoms in total. The van der Waals surface area contributed by atoms with Crippen molar-refractivity contribution in [3.63, 3.8) is 0 Å². The maximum Gasteiger partial charge on any atom is 0.165 e. The molecular formula is C15H14ClFO2. The van der Waals surface area contributed by atoms with E-state index < -0.39 is 11.9 Å². The lowest BCUT2D eigenvalue weighted by Gasteiger charge is -2.12. The molecule has 2 aromatic carbocycles. The van der Waals surface area contributed by atoms with Gasteiger partial charge in [-0.3, -0.25) is 0 Å². The van der Waals surface area contributed by atoms with Crippen LogP contribution in [0.2, 0.25) is 5.02 Å². The molecule has 0 aliphatic heterocycles. The summed E-state index contributed by atoms with van der Waals surface area (Å²) in [6.45, 7) is 0.